The zero-order valence-electron chi connectivity index (χ0n) is 10.3. The van der Waals surface area contributed by atoms with Crippen molar-refractivity contribution in [3.63, 3.8) is 0 Å². The molecule has 1 atom stereocenters. The molecule has 1 aromatic rings. The normalized spacial score (nSPS) is 13.3. The molecular formula is C12H21BrN2S. The Hall–Kier alpha value is 0.1000. The number of nitrogens with zero attached hydrogens (tertiary/aromatic N) is 1. The van der Waals surface area contributed by atoms with Crippen molar-refractivity contribution >= 4 is 27.3 Å². The number of hydrogen-bond donors (Lipinski definition) is 1. The quantitative estimate of drug-likeness (QED) is 0.777. The van der Waals surface area contributed by atoms with Crippen LogP contribution < -0.4 is 5.32 Å². The molecule has 1 aromatic heterocycles. The lowest BCUT2D eigenvalue weighted by Crippen LogP contribution is -2.34. The van der Waals surface area contributed by atoms with Crippen LogP contribution in [0.2, 0.25) is 0 Å². The van der Waals surface area contributed by atoms with Gasteiger partial charge in [0.1, 0.15) is 0 Å². The highest BCUT2D eigenvalue weighted by atomic mass is 79.9. The lowest BCUT2D eigenvalue weighted by Gasteiger charge is -2.23. The van der Waals surface area contributed by atoms with E-state index in [1.54, 1.807) is 11.3 Å². The Kier molecular flexibility index (Phi) is 6.58. The van der Waals surface area contributed by atoms with Crippen LogP contribution in [0.15, 0.2) is 15.9 Å². The van der Waals surface area contributed by atoms with E-state index in [-0.39, 0.29) is 0 Å². The lowest BCUT2D eigenvalue weighted by molar-refractivity contribution is 0.252. The van der Waals surface area contributed by atoms with E-state index in [2.05, 4.69) is 59.2 Å². The summed E-state index contributed by atoms with van der Waals surface area (Å²) >= 11 is 5.27. The molecule has 0 saturated carbocycles. The van der Waals surface area contributed by atoms with E-state index in [1.807, 2.05) is 0 Å². The third-order valence-corrected chi connectivity index (χ3v) is 4.54. The zero-order chi connectivity index (χ0) is 12.0. The molecule has 1 heterocycles. The molecule has 0 spiro atoms. The van der Waals surface area contributed by atoms with Crippen molar-refractivity contribution in [3.05, 3.63) is 20.8 Å². The Balaban J connectivity index is 2.12. The second-order valence-electron chi connectivity index (χ2n) is 4.12. The first kappa shape index (κ1) is 14.2. The first-order valence-electron chi connectivity index (χ1n) is 5.78. The largest absolute Gasteiger partial charge is 0.311 e. The van der Waals surface area contributed by atoms with Crippen LogP contribution in [0.4, 0.5) is 0 Å². The molecule has 0 aromatic carbocycles. The van der Waals surface area contributed by atoms with Gasteiger partial charge in [-0.15, -0.1) is 11.3 Å². The summed E-state index contributed by atoms with van der Waals surface area (Å²) in [4.78, 5) is 3.79. The Morgan fingerprint density at radius 2 is 2.25 bits per heavy atom. The number of nitrogens with one attached hydrogen (secondary N) is 1. The van der Waals surface area contributed by atoms with Crippen LogP contribution in [0.1, 0.15) is 25.1 Å². The summed E-state index contributed by atoms with van der Waals surface area (Å²) in [5.41, 5.74) is 0. The molecule has 92 valence electrons. The average Bonchev–Trinajstić information content (AvgIpc) is 2.69. The van der Waals surface area contributed by atoms with Crippen LogP contribution in [0, 0.1) is 0 Å². The van der Waals surface area contributed by atoms with E-state index in [1.165, 1.54) is 15.1 Å². The smallest absolute Gasteiger partial charge is 0.0701 e. The molecular weight excluding hydrogens is 284 g/mol. The summed E-state index contributed by atoms with van der Waals surface area (Å²) in [5, 5.41) is 3.47. The van der Waals surface area contributed by atoms with Gasteiger partial charge in [0.2, 0.25) is 0 Å². The maximum absolute atomic E-state index is 3.48. The van der Waals surface area contributed by atoms with E-state index in [0.29, 0.717) is 6.04 Å². The summed E-state index contributed by atoms with van der Waals surface area (Å²) in [6.07, 6.45) is 1.22. The molecule has 0 saturated heterocycles. The number of thiophene rings is 1. The van der Waals surface area contributed by atoms with Crippen molar-refractivity contribution in [3.8, 4) is 0 Å². The number of hydrogen-bond acceptors (Lipinski definition) is 3. The van der Waals surface area contributed by atoms with Gasteiger partial charge in [0.05, 0.1) is 3.79 Å². The summed E-state index contributed by atoms with van der Waals surface area (Å²) in [7, 11) is 2.19. The van der Waals surface area contributed by atoms with Crippen LogP contribution in [-0.4, -0.2) is 31.1 Å². The SMILES string of the molecule is CCC(C)N(C)CCNCc1ccc(Br)s1. The summed E-state index contributed by atoms with van der Waals surface area (Å²) in [6, 6.07) is 4.95. The minimum atomic E-state index is 0.678. The first-order chi connectivity index (χ1) is 7.63. The van der Waals surface area contributed by atoms with E-state index in [9.17, 15) is 0 Å². The Bertz CT molecular complexity index is 301. The Morgan fingerprint density at radius 3 is 2.81 bits per heavy atom. The summed E-state index contributed by atoms with van der Waals surface area (Å²) in [6.45, 7) is 7.65. The topological polar surface area (TPSA) is 15.3 Å². The molecule has 1 rings (SSSR count). The molecule has 1 unspecified atom stereocenters. The standard InChI is InChI=1S/C12H21BrN2S/c1-4-10(2)15(3)8-7-14-9-11-5-6-12(13)16-11/h5-6,10,14H,4,7-9H2,1-3H3. The first-order valence-corrected chi connectivity index (χ1v) is 7.39. The molecule has 0 radical (unpaired) electrons. The van der Waals surface area contributed by atoms with E-state index in [0.717, 1.165) is 19.6 Å². The van der Waals surface area contributed by atoms with Crippen LogP contribution >= 0.6 is 27.3 Å². The van der Waals surface area contributed by atoms with Gasteiger partial charge in [-0.2, -0.15) is 0 Å². The van der Waals surface area contributed by atoms with Gasteiger partial charge in [-0.1, -0.05) is 6.92 Å². The monoisotopic (exact) mass is 304 g/mol. The summed E-state index contributed by atoms with van der Waals surface area (Å²) in [5.74, 6) is 0. The molecule has 1 N–H and O–H groups in total. The van der Waals surface area contributed by atoms with E-state index in [4.69, 9.17) is 0 Å². The predicted octanol–water partition coefficient (Wildman–Crippen LogP) is 3.33. The molecule has 0 bridgehead atoms. The van der Waals surface area contributed by atoms with Crippen molar-refractivity contribution in [1.29, 1.82) is 0 Å². The highest BCUT2D eigenvalue weighted by Crippen LogP contribution is 2.21. The van der Waals surface area contributed by atoms with Crippen LogP contribution in [0.25, 0.3) is 0 Å². The highest BCUT2D eigenvalue weighted by Gasteiger charge is 2.05. The highest BCUT2D eigenvalue weighted by molar-refractivity contribution is 9.11. The van der Waals surface area contributed by atoms with Gasteiger partial charge in [0.25, 0.3) is 0 Å². The average molecular weight is 305 g/mol. The Labute approximate surface area is 111 Å². The number of likely N-dealkylation sites (N-methyl/N-ethyl adjacent to an activating group) is 1. The maximum Gasteiger partial charge on any atom is 0.0701 e. The van der Waals surface area contributed by atoms with Crippen LogP contribution in [-0.2, 0) is 6.54 Å². The maximum atomic E-state index is 3.48. The van der Waals surface area contributed by atoms with Crippen molar-refractivity contribution in [2.24, 2.45) is 0 Å². The van der Waals surface area contributed by atoms with E-state index < -0.39 is 0 Å². The van der Waals surface area contributed by atoms with Gasteiger partial charge in [-0.3, -0.25) is 0 Å². The summed E-state index contributed by atoms with van der Waals surface area (Å²) < 4.78 is 1.21. The minimum absolute atomic E-state index is 0.678. The third kappa shape index (κ3) is 4.95. The molecule has 2 nitrogen and oxygen atoms in total. The van der Waals surface area contributed by atoms with Gasteiger partial charge in [0, 0.05) is 30.6 Å². The molecule has 4 heteroatoms. The van der Waals surface area contributed by atoms with Crippen LogP contribution in [0.5, 0.6) is 0 Å². The van der Waals surface area contributed by atoms with Gasteiger partial charge < -0.3 is 10.2 Å². The molecule has 0 fully saturated rings. The molecule has 0 aliphatic heterocycles. The van der Waals surface area contributed by atoms with Crippen molar-refractivity contribution in [1.82, 2.24) is 10.2 Å². The predicted molar refractivity (Wildman–Crippen MR) is 76.1 cm³/mol. The minimum Gasteiger partial charge on any atom is -0.311 e. The van der Waals surface area contributed by atoms with Gasteiger partial charge >= 0.3 is 0 Å². The van der Waals surface area contributed by atoms with Crippen molar-refractivity contribution in [2.45, 2.75) is 32.9 Å². The fourth-order valence-corrected chi connectivity index (χ4v) is 2.90. The molecule has 0 amide bonds. The van der Waals surface area contributed by atoms with Gasteiger partial charge in [0.15, 0.2) is 0 Å². The second-order valence-corrected chi connectivity index (χ2v) is 6.67. The second kappa shape index (κ2) is 7.43. The Morgan fingerprint density at radius 1 is 1.50 bits per heavy atom. The lowest BCUT2D eigenvalue weighted by atomic mass is 10.2. The number of halogens is 1. The van der Waals surface area contributed by atoms with Gasteiger partial charge in [-0.05, 0) is 48.5 Å². The number of rotatable bonds is 7. The van der Waals surface area contributed by atoms with E-state index >= 15 is 0 Å². The molecule has 0 aliphatic carbocycles. The molecule has 0 aliphatic rings. The van der Waals surface area contributed by atoms with Crippen LogP contribution in [0.3, 0.4) is 0 Å². The fourth-order valence-electron chi connectivity index (χ4n) is 1.45. The third-order valence-electron chi connectivity index (χ3n) is 2.91. The molecule has 16 heavy (non-hydrogen) atoms. The van der Waals surface area contributed by atoms with Crippen molar-refractivity contribution in [2.75, 3.05) is 20.1 Å². The fraction of sp³-hybridized carbons (Fsp3) is 0.667. The van der Waals surface area contributed by atoms with Crippen molar-refractivity contribution < 1.29 is 0 Å². The zero-order valence-corrected chi connectivity index (χ0v) is 12.7. The van der Waals surface area contributed by atoms with Gasteiger partial charge in [-0.25, -0.2) is 0 Å².